The number of ether oxygens (including phenoxy) is 2. The van der Waals surface area contributed by atoms with Crippen LogP contribution in [0.3, 0.4) is 0 Å². The molecule has 0 saturated carbocycles. The van der Waals surface area contributed by atoms with Crippen LogP contribution in [0.5, 0.6) is 11.5 Å². The van der Waals surface area contributed by atoms with Crippen LogP contribution in [0.2, 0.25) is 0 Å². The largest absolute Gasteiger partial charge is 0.493 e. The number of hydrogen-bond acceptors (Lipinski definition) is 6. The lowest BCUT2D eigenvalue weighted by atomic mass is 10.0. The Hall–Kier alpha value is -3.52. The number of anilines is 2. The molecule has 0 aromatic heterocycles. The summed E-state index contributed by atoms with van der Waals surface area (Å²) in [6, 6.07) is 18.6. The van der Waals surface area contributed by atoms with Crippen LogP contribution >= 0.6 is 0 Å². The van der Waals surface area contributed by atoms with Crippen LogP contribution in [-0.4, -0.2) is 41.0 Å². The molecular weight excluding hydrogens is 440 g/mol. The van der Waals surface area contributed by atoms with E-state index in [4.69, 9.17) is 9.47 Å². The SMILES string of the molecule is COc1cc2c(cc1OC)N(S(=O)(=O)c1ccc(C)cc1)CCC(Nc1ccccc1)C2=O. The summed E-state index contributed by atoms with van der Waals surface area (Å²) in [6.45, 7) is 2.02. The second kappa shape index (κ2) is 9.15. The number of rotatable bonds is 6. The first-order valence-electron chi connectivity index (χ1n) is 10.6. The molecule has 0 saturated heterocycles. The molecule has 0 fully saturated rings. The fourth-order valence-corrected chi connectivity index (χ4v) is 5.41. The molecule has 1 aliphatic heterocycles. The molecule has 1 aliphatic rings. The highest BCUT2D eigenvalue weighted by Crippen LogP contribution is 2.40. The van der Waals surface area contributed by atoms with E-state index in [0.29, 0.717) is 11.5 Å². The number of Topliss-reactive ketones (excluding diaryl/α,β-unsaturated/α-hetero) is 1. The van der Waals surface area contributed by atoms with E-state index in [1.165, 1.54) is 18.5 Å². The molecule has 0 bridgehead atoms. The van der Waals surface area contributed by atoms with Crippen molar-refractivity contribution in [1.29, 1.82) is 0 Å². The standard InChI is InChI=1S/C25H26N2O5S/c1-17-9-11-19(12-10-17)33(29,30)27-14-13-21(26-18-7-5-4-6-8-18)25(28)20-15-23(31-2)24(32-3)16-22(20)27/h4-12,15-16,21,26H,13-14H2,1-3H3. The summed E-state index contributed by atoms with van der Waals surface area (Å²) in [7, 11) is -0.971. The molecular formula is C25H26N2O5S. The lowest BCUT2D eigenvalue weighted by molar-refractivity contribution is 0.0969. The molecule has 1 unspecified atom stereocenters. The average molecular weight is 467 g/mol. The minimum absolute atomic E-state index is 0.120. The molecule has 1 heterocycles. The Morgan fingerprint density at radius 1 is 0.939 bits per heavy atom. The van der Waals surface area contributed by atoms with Gasteiger partial charge in [0.15, 0.2) is 17.3 Å². The molecule has 4 rings (SSSR count). The number of carbonyl (C=O) groups is 1. The third-order valence-electron chi connectivity index (χ3n) is 5.70. The highest BCUT2D eigenvalue weighted by Gasteiger charge is 2.36. The van der Waals surface area contributed by atoms with Gasteiger partial charge in [-0.3, -0.25) is 9.10 Å². The number of methoxy groups -OCH3 is 2. The van der Waals surface area contributed by atoms with Crippen molar-refractivity contribution in [2.24, 2.45) is 0 Å². The van der Waals surface area contributed by atoms with Gasteiger partial charge >= 0.3 is 0 Å². The van der Waals surface area contributed by atoms with Crippen molar-refractivity contribution < 1.29 is 22.7 Å². The van der Waals surface area contributed by atoms with Crippen LogP contribution in [0.1, 0.15) is 22.3 Å². The molecule has 7 nitrogen and oxygen atoms in total. The zero-order valence-corrected chi connectivity index (χ0v) is 19.6. The maximum absolute atomic E-state index is 13.7. The summed E-state index contributed by atoms with van der Waals surface area (Å²) in [5.74, 6) is 0.497. The van der Waals surface area contributed by atoms with Gasteiger partial charge in [-0.05, 0) is 43.7 Å². The van der Waals surface area contributed by atoms with Crippen LogP contribution in [0.4, 0.5) is 11.4 Å². The molecule has 3 aromatic carbocycles. The van der Waals surface area contributed by atoms with Crippen molar-refractivity contribution in [3.05, 3.63) is 77.9 Å². The number of fused-ring (bicyclic) bond motifs is 1. The fourth-order valence-electron chi connectivity index (χ4n) is 3.92. The van der Waals surface area contributed by atoms with Gasteiger partial charge in [-0.25, -0.2) is 8.42 Å². The first kappa shape index (κ1) is 22.7. The van der Waals surface area contributed by atoms with Crippen LogP contribution in [0.15, 0.2) is 71.6 Å². The molecule has 1 atom stereocenters. The van der Waals surface area contributed by atoms with Crippen LogP contribution in [0.25, 0.3) is 0 Å². The smallest absolute Gasteiger partial charge is 0.264 e. The predicted octanol–water partition coefficient (Wildman–Crippen LogP) is 4.27. The molecule has 0 radical (unpaired) electrons. The number of sulfonamides is 1. The van der Waals surface area contributed by atoms with Gasteiger partial charge in [-0.15, -0.1) is 0 Å². The zero-order valence-electron chi connectivity index (χ0n) is 18.7. The van der Waals surface area contributed by atoms with Crippen LogP contribution in [0, 0.1) is 6.92 Å². The van der Waals surface area contributed by atoms with E-state index in [9.17, 15) is 13.2 Å². The highest BCUT2D eigenvalue weighted by molar-refractivity contribution is 7.92. The van der Waals surface area contributed by atoms with E-state index in [0.717, 1.165) is 11.3 Å². The first-order chi connectivity index (χ1) is 15.8. The molecule has 8 heteroatoms. The molecule has 1 N–H and O–H groups in total. The third-order valence-corrected chi connectivity index (χ3v) is 7.52. The first-order valence-corrected chi connectivity index (χ1v) is 12.0. The fraction of sp³-hybridized carbons (Fsp3) is 0.240. The zero-order chi connectivity index (χ0) is 23.6. The Morgan fingerprint density at radius 3 is 2.21 bits per heavy atom. The molecule has 0 aliphatic carbocycles. The normalized spacial score (nSPS) is 16.0. The average Bonchev–Trinajstić information content (AvgIpc) is 2.96. The van der Waals surface area contributed by atoms with Crippen molar-refractivity contribution in [3.63, 3.8) is 0 Å². The van der Waals surface area contributed by atoms with Gasteiger partial charge < -0.3 is 14.8 Å². The minimum Gasteiger partial charge on any atom is -0.493 e. The summed E-state index contributed by atoms with van der Waals surface area (Å²) in [5.41, 5.74) is 2.27. The maximum Gasteiger partial charge on any atom is 0.264 e. The lowest BCUT2D eigenvalue weighted by Gasteiger charge is -2.25. The Kier molecular flexibility index (Phi) is 6.29. The van der Waals surface area contributed by atoms with E-state index < -0.39 is 16.1 Å². The maximum atomic E-state index is 13.7. The van der Waals surface area contributed by atoms with E-state index in [-0.39, 0.29) is 34.9 Å². The summed E-state index contributed by atoms with van der Waals surface area (Å²) < 4.78 is 39.4. The second-order valence-electron chi connectivity index (χ2n) is 7.83. The van der Waals surface area contributed by atoms with Gasteiger partial charge in [-0.1, -0.05) is 35.9 Å². The molecule has 33 heavy (non-hydrogen) atoms. The van der Waals surface area contributed by atoms with E-state index in [1.807, 2.05) is 37.3 Å². The Bertz CT molecular complexity index is 1260. The monoisotopic (exact) mass is 466 g/mol. The van der Waals surface area contributed by atoms with Crippen molar-refractivity contribution in [2.75, 3.05) is 30.4 Å². The lowest BCUT2D eigenvalue weighted by Crippen LogP contribution is -2.34. The topological polar surface area (TPSA) is 84.9 Å². The number of benzene rings is 3. The second-order valence-corrected chi connectivity index (χ2v) is 9.69. The summed E-state index contributed by atoms with van der Waals surface area (Å²) in [5, 5.41) is 3.25. The number of ketones is 1. The van der Waals surface area contributed by atoms with Gasteiger partial charge in [0.05, 0.1) is 30.8 Å². The number of nitrogens with zero attached hydrogens (tertiary/aromatic N) is 1. The van der Waals surface area contributed by atoms with Gasteiger partial charge in [0, 0.05) is 23.9 Å². The van der Waals surface area contributed by atoms with Crippen molar-refractivity contribution in [1.82, 2.24) is 0 Å². The number of para-hydroxylation sites is 1. The summed E-state index contributed by atoms with van der Waals surface area (Å²) in [6.07, 6.45) is 0.290. The summed E-state index contributed by atoms with van der Waals surface area (Å²) >= 11 is 0. The van der Waals surface area contributed by atoms with E-state index >= 15 is 0 Å². The van der Waals surface area contributed by atoms with Gasteiger partial charge in [0.2, 0.25) is 0 Å². The van der Waals surface area contributed by atoms with Gasteiger partial charge in [0.1, 0.15) is 0 Å². The molecule has 3 aromatic rings. The quantitative estimate of drug-likeness (QED) is 0.584. The Balaban J connectivity index is 1.84. The van der Waals surface area contributed by atoms with E-state index in [2.05, 4.69) is 5.32 Å². The number of aryl methyl sites for hydroxylation is 1. The van der Waals surface area contributed by atoms with Gasteiger partial charge in [-0.2, -0.15) is 0 Å². The number of hydrogen-bond donors (Lipinski definition) is 1. The van der Waals surface area contributed by atoms with Crippen LogP contribution < -0.4 is 19.1 Å². The van der Waals surface area contributed by atoms with Crippen molar-refractivity contribution in [3.8, 4) is 11.5 Å². The highest BCUT2D eigenvalue weighted by atomic mass is 32.2. The van der Waals surface area contributed by atoms with Gasteiger partial charge in [0.25, 0.3) is 10.0 Å². The molecule has 0 spiro atoms. The molecule has 172 valence electrons. The van der Waals surface area contributed by atoms with Crippen molar-refractivity contribution >= 4 is 27.2 Å². The summed E-state index contributed by atoms with van der Waals surface area (Å²) in [4.78, 5) is 13.7. The predicted molar refractivity (Wildman–Crippen MR) is 128 cm³/mol. The van der Waals surface area contributed by atoms with Crippen molar-refractivity contribution in [2.45, 2.75) is 24.3 Å². The Morgan fingerprint density at radius 2 is 1.58 bits per heavy atom. The van der Waals surface area contributed by atoms with Crippen LogP contribution in [-0.2, 0) is 10.0 Å². The number of nitrogens with one attached hydrogen (secondary N) is 1. The number of carbonyl (C=O) groups excluding carboxylic acids is 1. The third kappa shape index (κ3) is 4.39. The Labute approximate surface area is 194 Å². The molecule has 0 amide bonds. The van der Waals surface area contributed by atoms with E-state index in [1.54, 1.807) is 36.4 Å². The minimum atomic E-state index is -3.92.